The summed E-state index contributed by atoms with van der Waals surface area (Å²) in [5.41, 5.74) is 0.353. The maximum Gasteiger partial charge on any atom is 0.113 e. The number of hydrogen-bond acceptors (Lipinski definition) is 2. The summed E-state index contributed by atoms with van der Waals surface area (Å²) in [7, 11) is 0. The molecule has 0 radical (unpaired) electrons. The van der Waals surface area contributed by atoms with Crippen molar-refractivity contribution in [3.63, 3.8) is 0 Å². The van der Waals surface area contributed by atoms with Gasteiger partial charge in [0, 0.05) is 11.0 Å². The molecule has 0 spiro atoms. The lowest BCUT2D eigenvalue weighted by molar-refractivity contribution is 0.0171. The highest BCUT2D eigenvalue weighted by atomic mass is 35.5. The van der Waals surface area contributed by atoms with Crippen molar-refractivity contribution in [2.24, 2.45) is 5.41 Å². The summed E-state index contributed by atoms with van der Waals surface area (Å²) in [5, 5.41) is 3.45. The molecule has 0 aromatic carbocycles. The Morgan fingerprint density at radius 3 is 2.00 bits per heavy atom. The lowest BCUT2D eigenvalue weighted by Crippen LogP contribution is -2.44. The highest BCUT2D eigenvalue weighted by molar-refractivity contribution is 5.85. The molecule has 1 heterocycles. The molecule has 1 rings (SSSR count). The lowest BCUT2D eigenvalue weighted by Gasteiger charge is -2.27. The standard InChI is InChI=1S/C9H19NO.ClH/c1-8(2,3)7-10-9(4,5)6-11-7;/h7,10H,6H2,1-5H3;1H. The van der Waals surface area contributed by atoms with Crippen LogP contribution in [0.2, 0.25) is 0 Å². The van der Waals surface area contributed by atoms with Gasteiger partial charge in [0.05, 0.1) is 6.61 Å². The van der Waals surface area contributed by atoms with E-state index in [0.717, 1.165) is 6.61 Å². The molecule has 0 bridgehead atoms. The van der Waals surface area contributed by atoms with Crippen molar-refractivity contribution in [3.05, 3.63) is 0 Å². The van der Waals surface area contributed by atoms with Gasteiger partial charge in [-0.05, 0) is 13.8 Å². The Hall–Kier alpha value is 0.210. The third-order valence-electron chi connectivity index (χ3n) is 1.92. The minimum absolute atomic E-state index is 0. The van der Waals surface area contributed by atoms with Crippen LogP contribution in [0, 0.1) is 5.41 Å². The predicted molar refractivity (Wildman–Crippen MR) is 53.7 cm³/mol. The van der Waals surface area contributed by atoms with E-state index in [4.69, 9.17) is 4.74 Å². The first-order chi connectivity index (χ1) is 4.81. The fourth-order valence-electron chi connectivity index (χ4n) is 1.20. The van der Waals surface area contributed by atoms with Crippen molar-refractivity contribution in [3.8, 4) is 0 Å². The van der Waals surface area contributed by atoms with Crippen LogP contribution in [0.25, 0.3) is 0 Å². The lowest BCUT2D eigenvalue weighted by atomic mass is 9.94. The van der Waals surface area contributed by atoms with Crippen molar-refractivity contribution in [2.45, 2.75) is 46.4 Å². The van der Waals surface area contributed by atoms with Crippen molar-refractivity contribution in [1.82, 2.24) is 5.32 Å². The SMILES string of the molecule is CC1(C)COC(C(C)(C)C)N1.Cl. The normalized spacial score (nSPS) is 28.2. The molecule has 0 aliphatic carbocycles. The average Bonchev–Trinajstić information content (AvgIpc) is 2.07. The van der Waals surface area contributed by atoms with Gasteiger partial charge in [0.15, 0.2) is 0 Å². The number of halogens is 1. The number of ether oxygens (including phenoxy) is 1. The first-order valence-electron chi connectivity index (χ1n) is 4.21. The van der Waals surface area contributed by atoms with Crippen LogP contribution in [-0.2, 0) is 4.74 Å². The maximum absolute atomic E-state index is 5.62. The van der Waals surface area contributed by atoms with E-state index in [-0.39, 0.29) is 29.6 Å². The molecule has 1 fully saturated rings. The summed E-state index contributed by atoms with van der Waals surface area (Å²) >= 11 is 0. The molecular weight excluding hydrogens is 174 g/mol. The summed E-state index contributed by atoms with van der Waals surface area (Å²) in [6.07, 6.45) is 0.206. The number of nitrogens with one attached hydrogen (secondary N) is 1. The Bertz CT molecular complexity index is 151. The summed E-state index contributed by atoms with van der Waals surface area (Å²) in [6.45, 7) is 11.7. The first-order valence-corrected chi connectivity index (χ1v) is 4.21. The zero-order chi connectivity index (χ0) is 8.70. The molecule has 2 nitrogen and oxygen atoms in total. The topological polar surface area (TPSA) is 21.3 Å². The molecule has 12 heavy (non-hydrogen) atoms. The predicted octanol–water partition coefficient (Wildman–Crippen LogP) is 2.18. The summed E-state index contributed by atoms with van der Waals surface area (Å²) < 4.78 is 5.62. The minimum atomic E-state index is 0. The van der Waals surface area contributed by atoms with Crippen LogP contribution in [-0.4, -0.2) is 18.4 Å². The average molecular weight is 194 g/mol. The van der Waals surface area contributed by atoms with E-state index in [1.54, 1.807) is 0 Å². The summed E-state index contributed by atoms with van der Waals surface area (Å²) in [6, 6.07) is 0. The van der Waals surface area contributed by atoms with E-state index >= 15 is 0 Å². The van der Waals surface area contributed by atoms with E-state index in [2.05, 4.69) is 39.9 Å². The highest BCUT2D eigenvalue weighted by Gasteiger charge is 2.37. The molecule has 1 unspecified atom stereocenters. The molecule has 1 N–H and O–H groups in total. The van der Waals surface area contributed by atoms with Crippen LogP contribution >= 0.6 is 12.4 Å². The van der Waals surface area contributed by atoms with E-state index < -0.39 is 0 Å². The number of rotatable bonds is 0. The van der Waals surface area contributed by atoms with Gasteiger partial charge in [-0.1, -0.05) is 20.8 Å². The third-order valence-corrected chi connectivity index (χ3v) is 1.92. The van der Waals surface area contributed by atoms with Gasteiger partial charge in [-0.3, -0.25) is 5.32 Å². The van der Waals surface area contributed by atoms with Gasteiger partial charge in [0.1, 0.15) is 6.23 Å². The molecule has 1 saturated heterocycles. The van der Waals surface area contributed by atoms with E-state index in [1.807, 2.05) is 0 Å². The van der Waals surface area contributed by atoms with Crippen LogP contribution in [0.1, 0.15) is 34.6 Å². The van der Waals surface area contributed by atoms with Crippen LogP contribution in [0.3, 0.4) is 0 Å². The van der Waals surface area contributed by atoms with Crippen molar-refractivity contribution in [2.75, 3.05) is 6.61 Å². The second kappa shape index (κ2) is 3.52. The molecule has 74 valence electrons. The molecule has 1 aliphatic rings. The van der Waals surface area contributed by atoms with Crippen LogP contribution in [0.15, 0.2) is 0 Å². The van der Waals surface area contributed by atoms with Gasteiger partial charge < -0.3 is 4.74 Å². The fraction of sp³-hybridized carbons (Fsp3) is 1.00. The molecule has 0 saturated carbocycles. The van der Waals surface area contributed by atoms with Gasteiger partial charge in [-0.2, -0.15) is 0 Å². The highest BCUT2D eigenvalue weighted by Crippen LogP contribution is 2.27. The first kappa shape index (κ1) is 12.2. The van der Waals surface area contributed by atoms with Gasteiger partial charge in [-0.15, -0.1) is 12.4 Å². The van der Waals surface area contributed by atoms with Gasteiger partial charge in [0.2, 0.25) is 0 Å². The largest absolute Gasteiger partial charge is 0.361 e. The smallest absolute Gasteiger partial charge is 0.113 e. The molecule has 0 amide bonds. The minimum Gasteiger partial charge on any atom is -0.361 e. The molecule has 3 heteroatoms. The molecular formula is C9H20ClNO. The Kier molecular flexibility index (Phi) is 3.59. The maximum atomic E-state index is 5.62. The van der Waals surface area contributed by atoms with E-state index in [1.165, 1.54) is 0 Å². The van der Waals surface area contributed by atoms with E-state index in [0.29, 0.717) is 0 Å². The van der Waals surface area contributed by atoms with Crippen LogP contribution < -0.4 is 5.32 Å². The Morgan fingerprint density at radius 2 is 1.83 bits per heavy atom. The van der Waals surface area contributed by atoms with Crippen molar-refractivity contribution < 1.29 is 4.74 Å². The van der Waals surface area contributed by atoms with Gasteiger partial charge in [0.25, 0.3) is 0 Å². The molecule has 0 aromatic rings. The van der Waals surface area contributed by atoms with Gasteiger partial charge >= 0.3 is 0 Å². The Balaban J connectivity index is 0.00000121. The molecule has 0 aromatic heterocycles. The monoisotopic (exact) mass is 193 g/mol. The quantitative estimate of drug-likeness (QED) is 0.637. The van der Waals surface area contributed by atoms with Crippen LogP contribution in [0.4, 0.5) is 0 Å². The zero-order valence-corrected chi connectivity index (χ0v) is 9.42. The van der Waals surface area contributed by atoms with E-state index in [9.17, 15) is 0 Å². The zero-order valence-electron chi connectivity index (χ0n) is 8.60. The summed E-state index contributed by atoms with van der Waals surface area (Å²) in [4.78, 5) is 0. The Morgan fingerprint density at radius 1 is 1.33 bits per heavy atom. The van der Waals surface area contributed by atoms with Crippen molar-refractivity contribution in [1.29, 1.82) is 0 Å². The van der Waals surface area contributed by atoms with Crippen molar-refractivity contribution >= 4 is 12.4 Å². The number of hydrogen-bond donors (Lipinski definition) is 1. The fourth-order valence-corrected chi connectivity index (χ4v) is 1.20. The van der Waals surface area contributed by atoms with Crippen LogP contribution in [0.5, 0.6) is 0 Å². The second-order valence-corrected chi connectivity index (χ2v) is 5.09. The molecule has 1 aliphatic heterocycles. The third kappa shape index (κ3) is 2.92. The van der Waals surface area contributed by atoms with Gasteiger partial charge in [-0.25, -0.2) is 0 Å². The Labute approximate surface area is 81.5 Å². The summed E-state index contributed by atoms with van der Waals surface area (Å²) in [5.74, 6) is 0. The molecule has 1 atom stereocenters. The second-order valence-electron chi connectivity index (χ2n) is 5.09.